The molecule has 4 aromatic carbocycles. The number of hydrogen-bond donors (Lipinski definition) is 2. The van der Waals surface area contributed by atoms with Crippen molar-refractivity contribution in [2.75, 3.05) is 18.5 Å². The number of nitrogens with zero attached hydrogens (tertiary/aromatic N) is 1. The minimum absolute atomic E-state index is 0.254. The quantitative estimate of drug-likeness (QED) is 0.140. The van der Waals surface area contributed by atoms with E-state index in [1.165, 1.54) is 6.21 Å². The van der Waals surface area contributed by atoms with Gasteiger partial charge < -0.3 is 19.5 Å². The van der Waals surface area contributed by atoms with E-state index in [0.29, 0.717) is 57.3 Å². The third kappa shape index (κ3) is 8.73. The molecule has 41 heavy (non-hydrogen) atoms. The molecule has 4 rings (SSSR count). The highest BCUT2D eigenvalue weighted by Crippen LogP contribution is 2.29. The topological polar surface area (TPSA) is 98.3 Å². The lowest BCUT2D eigenvalue weighted by molar-refractivity contribution is -0.118. The summed E-state index contributed by atoms with van der Waals surface area (Å²) in [5.41, 5.74) is 4.93. The molecule has 8 nitrogen and oxygen atoms in total. The second-order valence-electron chi connectivity index (χ2n) is 8.57. The molecular formula is C31H27Cl2N3O5. The third-order valence-corrected chi connectivity index (χ3v) is 6.33. The number of anilines is 1. The van der Waals surface area contributed by atoms with Crippen LogP contribution in [-0.4, -0.2) is 31.2 Å². The molecule has 0 aromatic heterocycles. The Balaban J connectivity index is 1.34. The first-order valence-electron chi connectivity index (χ1n) is 12.7. The molecule has 2 amide bonds. The van der Waals surface area contributed by atoms with Gasteiger partial charge in [0.15, 0.2) is 18.1 Å². The summed E-state index contributed by atoms with van der Waals surface area (Å²) in [5, 5.41) is 7.47. The van der Waals surface area contributed by atoms with Gasteiger partial charge in [-0.05, 0) is 61.0 Å². The Morgan fingerprint density at radius 1 is 0.805 bits per heavy atom. The highest BCUT2D eigenvalue weighted by atomic mass is 35.5. The van der Waals surface area contributed by atoms with Gasteiger partial charge in [0.1, 0.15) is 12.4 Å². The largest absolute Gasteiger partial charge is 0.490 e. The van der Waals surface area contributed by atoms with E-state index in [1.807, 2.05) is 37.3 Å². The molecule has 0 unspecified atom stereocenters. The highest BCUT2D eigenvalue weighted by molar-refractivity contribution is 6.42. The predicted molar refractivity (Wildman–Crippen MR) is 160 cm³/mol. The van der Waals surface area contributed by atoms with Crippen LogP contribution in [0.5, 0.6) is 17.2 Å². The number of benzene rings is 4. The van der Waals surface area contributed by atoms with Crippen molar-refractivity contribution in [3.05, 3.63) is 118 Å². The van der Waals surface area contributed by atoms with Crippen molar-refractivity contribution in [3.8, 4) is 17.2 Å². The molecule has 0 atom stereocenters. The van der Waals surface area contributed by atoms with Crippen LogP contribution in [-0.2, 0) is 11.4 Å². The molecule has 0 spiro atoms. The Morgan fingerprint density at radius 3 is 2.37 bits per heavy atom. The first kappa shape index (κ1) is 29.5. The number of carbonyl (C=O) groups is 2. The Morgan fingerprint density at radius 2 is 1.59 bits per heavy atom. The molecule has 4 aromatic rings. The SMILES string of the molecule is CCOc1cc(C(=O)N/N=C/c2ccccc2OCC(=O)Nc2ccc(Cl)c(Cl)c2)ccc1OCc1ccccc1. The van der Waals surface area contributed by atoms with E-state index in [4.69, 9.17) is 37.4 Å². The average Bonchev–Trinajstić information content (AvgIpc) is 2.98. The molecular weight excluding hydrogens is 565 g/mol. The smallest absolute Gasteiger partial charge is 0.271 e. The van der Waals surface area contributed by atoms with Crippen LogP contribution in [0.2, 0.25) is 10.0 Å². The molecule has 0 fully saturated rings. The minimum atomic E-state index is -0.434. The van der Waals surface area contributed by atoms with Crippen molar-refractivity contribution >= 4 is 46.9 Å². The van der Waals surface area contributed by atoms with Gasteiger partial charge in [-0.2, -0.15) is 5.10 Å². The molecule has 2 N–H and O–H groups in total. The monoisotopic (exact) mass is 591 g/mol. The Labute approximate surface area is 247 Å². The van der Waals surface area contributed by atoms with E-state index >= 15 is 0 Å². The first-order chi connectivity index (χ1) is 19.9. The highest BCUT2D eigenvalue weighted by Gasteiger charge is 2.12. The maximum Gasteiger partial charge on any atom is 0.271 e. The van der Waals surface area contributed by atoms with Gasteiger partial charge in [0.05, 0.1) is 22.9 Å². The van der Waals surface area contributed by atoms with Gasteiger partial charge in [0.25, 0.3) is 11.8 Å². The number of hydrazone groups is 1. The average molecular weight is 592 g/mol. The molecule has 0 heterocycles. The van der Waals surface area contributed by atoms with Crippen LogP contribution in [0.3, 0.4) is 0 Å². The second kappa shape index (κ2) is 14.7. The standard InChI is InChI=1S/C31H27Cl2N3O5/c1-2-39-29-16-22(12-15-28(29)40-19-21-8-4-3-5-9-21)31(38)36-34-18-23-10-6-7-11-27(23)41-20-30(37)35-24-13-14-25(32)26(33)17-24/h3-18H,2,19-20H2,1H3,(H,35,37)(H,36,38)/b34-18+. The summed E-state index contributed by atoms with van der Waals surface area (Å²) >= 11 is 11.9. The summed E-state index contributed by atoms with van der Waals surface area (Å²) in [6, 6.07) is 26.5. The summed E-state index contributed by atoms with van der Waals surface area (Å²) in [7, 11) is 0. The molecule has 210 valence electrons. The predicted octanol–water partition coefficient (Wildman–Crippen LogP) is 6.75. The summed E-state index contributed by atoms with van der Waals surface area (Å²) in [6.07, 6.45) is 1.44. The van der Waals surface area contributed by atoms with Crippen LogP contribution in [0.25, 0.3) is 0 Å². The van der Waals surface area contributed by atoms with Crippen molar-refractivity contribution in [3.63, 3.8) is 0 Å². The van der Waals surface area contributed by atoms with E-state index in [-0.39, 0.29) is 12.5 Å². The molecule has 0 radical (unpaired) electrons. The number of carbonyl (C=O) groups excluding carboxylic acids is 2. The molecule has 0 saturated heterocycles. The second-order valence-corrected chi connectivity index (χ2v) is 9.39. The lowest BCUT2D eigenvalue weighted by Crippen LogP contribution is -2.20. The van der Waals surface area contributed by atoms with Crippen LogP contribution in [0.15, 0.2) is 96.1 Å². The number of halogens is 2. The zero-order chi connectivity index (χ0) is 29.0. The molecule has 0 aliphatic heterocycles. The van der Waals surface area contributed by atoms with Gasteiger partial charge >= 0.3 is 0 Å². The third-order valence-electron chi connectivity index (χ3n) is 5.59. The van der Waals surface area contributed by atoms with Crippen molar-refractivity contribution in [2.45, 2.75) is 13.5 Å². The minimum Gasteiger partial charge on any atom is -0.490 e. The van der Waals surface area contributed by atoms with Gasteiger partial charge in [-0.15, -0.1) is 0 Å². The van der Waals surface area contributed by atoms with Gasteiger partial charge in [-0.3, -0.25) is 9.59 Å². The summed E-state index contributed by atoms with van der Waals surface area (Å²) in [5.74, 6) is 0.581. The van der Waals surface area contributed by atoms with Crippen LogP contribution >= 0.6 is 23.2 Å². The number of amides is 2. The van der Waals surface area contributed by atoms with Crippen LogP contribution in [0, 0.1) is 0 Å². The summed E-state index contributed by atoms with van der Waals surface area (Å²) in [6.45, 7) is 2.38. The van der Waals surface area contributed by atoms with Gasteiger partial charge in [-0.25, -0.2) is 5.43 Å². The van der Waals surface area contributed by atoms with Gasteiger partial charge in [0, 0.05) is 16.8 Å². The van der Waals surface area contributed by atoms with Crippen molar-refractivity contribution in [2.24, 2.45) is 5.10 Å². The van der Waals surface area contributed by atoms with E-state index in [1.54, 1.807) is 60.7 Å². The maximum atomic E-state index is 12.8. The van der Waals surface area contributed by atoms with Crippen LogP contribution in [0.1, 0.15) is 28.4 Å². The van der Waals surface area contributed by atoms with E-state index in [2.05, 4.69) is 15.8 Å². The van der Waals surface area contributed by atoms with E-state index < -0.39 is 5.91 Å². The fourth-order valence-corrected chi connectivity index (χ4v) is 3.93. The van der Waals surface area contributed by atoms with E-state index in [0.717, 1.165) is 5.56 Å². The van der Waals surface area contributed by atoms with Gasteiger partial charge in [0.2, 0.25) is 0 Å². The fourth-order valence-electron chi connectivity index (χ4n) is 3.63. The number of ether oxygens (including phenoxy) is 3. The molecule has 0 bridgehead atoms. The Bertz CT molecular complexity index is 1530. The maximum absolute atomic E-state index is 12.8. The lowest BCUT2D eigenvalue weighted by atomic mass is 10.2. The fraction of sp³-hybridized carbons (Fsp3) is 0.129. The molecule has 0 aliphatic rings. The zero-order valence-electron chi connectivity index (χ0n) is 22.1. The van der Waals surface area contributed by atoms with E-state index in [9.17, 15) is 9.59 Å². The number of rotatable bonds is 12. The van der Waals surface area contributed by atoms with Crippen molar-refractivity contribution in [1.29, 1.82) is 0 Å². The first-order valence-corrected chi connectivity index (χ1v) is 13.4. The Kier molecular flexibility index (Phi) is 10.6. The number of hydrogen-bond acceptors (Lipinski definition) is 6. The lowest BCUT2D eigenvalue weighted by Gasteiger charge is -2.13. The Hall–Kier alpha value is -4.53. The molecule has 0 saturated carbocycles. The summed E-state index contributed by atoms with van der Waals surface area (Å²) in [4.78, 5) is 25.1. The van der Waals surface area contributed by atoms with Crippen LogP contribution < -0.4 is 25.0 Å². The van der Waals surface area contributed by atoms with Crippen LogP contribution in [0.4, 0.5) is 5.69 Å². The van der Waals surface area contributed by atoms with Gasteiger partial charge in [-0.1, -0.05) is 65.7 Å². The molecule has 0 aliphatic carbocycles. The normalized spacial score (nSPS) is 10.7. The zero-order valence-corrected chi connectivity index (χ0v) is 23.6. The summed E-state index contributed by atoms with van der Waals surface area (Å²) < 4.78 is 17.3. The van der Waals surface area contributed by atoms with Crippen molar-refractivity contribution in [1.82, 2.24) is 5.43 Å². The number of para-hydroxylation sites is 1. The number of nitrogens with one attached hydrogen (secondary N) is 2. The van der Waals surface area contributed by atoms with Crippen molar-refractivity contribution < 1.29 is 23.8 Å². The molecule has 10 heteroatoms.